The zero-order valence-electron chi connectivity index (χ0n) is 6.28. The molecule has 1 aromatic rings. The zero-order valence-corrected chi connectivity index (χ0v) is 7.18. The number of hydrogen-bond donors (Lipinski definition) is 4. The number of hydrogen-bond acceptors (Lipinski definition) is 4. The second kappa shape index (κ2) is 2.48. The number of phenolic OH excluding ortho intramolecular Hbond substituents is 2. The van der Waals surface area contributed by atoms with E-state index in [1.165, 1.54) is 6.07 Å². The summed E-state index contributed by atoms with van der Waals surface area (Å²) in [6, 6.07) is 3.08. The summed E-state index contributed by atoms with van der Waals surface area (Å²) in [6.07, 6.45) is 0.770. The number of benzene rings is 1. The Kier molecular flexibility index (Phi) is 1.58. The summed E-state index contributed by atoms with van der Waals surface area (Å²) in [5, 5.41) is 21.5. The summed E-state index contributed by atoms with van der Waals surface area (Å²) in [7, 11) is 0. The lowest BCUT2D eigenvalue weighted by atomic mass is 10.1. The van der Waals surface area contributed by atoms with Crippen LogP contribution in [0, 0.1) is 0 Å². The van der Waals surface area contributed by atoms with Gasteiger partial charge in [0.25, 0.3) is 0 Å². The largest absolute Gasteiger partial charge is 0.504 e. The monoisotopic (exact) mass is 183 g/mol. The molecule has 0 spiro atoms. The van der Waals surface area contributed by atoms with Crippen molar-refractivity contribution in [1.82, 2.24) is 0 Å². The van der Waals surface area contributed by atoms with Gasteiger partial charge in [0, 0.05) is 18.2 Å². The molecule has 0 aliphatic carbocycles. The van der Waals surface area contributed by atoms with Gasteiger partial charge in [-0.15, -0.1) is 0 Å². The molecular weight excluding hydrogens is 174 g/mol. The van der Waals surface area contributed by atoms with Gasteiger partial charge in [-0.3, -0.25) is 0 Å². The first-order valence-electron chi connectivity index (χ1n) is 3.66. The molecule has 0 bridgehead atoms. The fraction of sp³-hybridized carbons (Fsp3) is 0.250. The Balaban J connectivity index is 2.48. The Morgan fingerprint density at radius 3 is 2.75 bits per heavy atom. The molecule has 0 amide bonds. The van der Waals surface area contributed by atoms with Crippen LogP contribution in [0.15, 0.2) is 12.1 Å². The van der Waals surface area contributed by atoms with E-state index < -0.39 is 0 Å². The van der Waals surface area contributed by atoms with Crippen molar-refractivity contribution in [1.29, 1.82) is 0 Å². The van der Waals surface area contributed by atoms with Crippen LogP contribution in [0.3, 0.4) is 0 Å². The van der Waals surface area contributed by atoms with Crippen LogP contribution in [0.5, 0.6) is 11.5 Å². The highest BCUT2D eigenvalue weighted by molar-refractivity contribution is 7.81. The summed E-state index contributed by atoms with van der Waals surface area (Å²) >= 11 is 4.23. The molecule has 0 unspecified atom stereocenters. The second-order valence-electron chi connectivity index (χ2n) is 2.86. The van der Waals surface area contributed by atoms with E-state index in [4.69, 9.17) is 10.2 Å². The van der Waals surface area contributed by atoms with Crippen LogP contribution >= 0.6 is 12.6 Å². The van der Waals surface area contributed by atoms with Gasteiger partial charge < -0.3 is 15.5 Å². The van der Waals surface area contributed by atoms with Crippen molar-refractivity contribution in [3.05, 3.63) is 17.7 Å². The fourth-order valence-electron chi connectivity index (χ4n) is 1.36. The van der Waals surface area contributed by atoms with E-state index in [1.807, 2.05) is 0 Å². The Hall–Kier alpha value is -1.03. The van der Waals surface area contributed by atoms with E-state index in [1.54, 1.807) is 6.07 Å². The Morgan fingerprint density at radius 2 is 2.00 bits per heavy atom. The molecule has 3 N–H and O–H groups in total. The molecule has 1 atom stereocenters. The predicted octanol–water partition coefficient (Wildman–Crippen LogP) is 1.32. The van der Waals surface area contributed by atoms with Gasteiger partial charge in [-0.2, -0.15) is 12.6 Å². The van der Waals surface area contributed by atoms with Gasteiger partial charge in [0.2, 0.25) is 0 Å². The van der Waals surface area contributed by atoms with Crippen LogP contribution in [0.2, 0.25) is 0 Å². The molecule has 1 heterocycles. The molecule has 0 fully saturated rings. The maximum absolute atomic E-state index is 9.17. The molecule has 0 aromatic heterocycles. The molecule has 1 aromatic carbocycles. The Bertz CT molecular complexity index is 296. The first-order valence-corrected chi connectivity index (χ1v) is 4.18. The minimum absolute atomic E-state index is 0.0713. The number of anilines is 1. The van der Waals surface area contributed by atoms with Crippen molar-refractivity contribution in [2.75, 3.05) is 5.32 Å². The third-order valence-electron chi connectivity index (χ3n) is 1.94. The van der Waals surface area contributed by atoms with Gasteiger partial charge in [0.05, 0.1) is 5.37 Å². The van der Waals surface area contributed by atoms with Crippen molar-refractivity contribution in [2.45, 2.75) is 11.8 Å². The van der Waals surface area contributed by atoms with Crippen LogP contribution in [0.1, 0.15) is 5.56 Å². The van der Waals surface area contributed by atoms with Gasteiger partial charge in [-0.1, -0.05) is 0 Å². The Morgan fingerprint density at radius 1 is 1.33 bits per heavy atom. The molecule has 3 nitrogen and oxygen atoms in total. The summed E-state index contributed by atoms with van der Waals surface area (Å²) in [4.78, 5) is 0. The van der Waals surface area contributed by atoms with Crippen LogP contribution in [-0.2, 0) is 6.42 Å². The quantitative estimate of drug-likeness (QED) is 0.279. The van der Waals surface area contributed by atoms with Gasteiger partial charge in [0.1, 0.15) is 0 Å². The summed E-state index contributed by atoms with van der Waals surface area (Å²) in [5.41, 5.74) is 1.84. The molecule has 4 heteroatoms. The fourth-order valence-corrected chi connectivity index (χ4v) is 1.70. The molecule has 1 aliphatic rings. The maximum Gasteiger partial charge on any atom is 0.159 e. The van der Waals surface area contributed by atoms with Crippen molar-refractivity contribution in [2.24, 2.45) is 0 Å². The van der Waals surface area contributed by atoms with E-state index in [-0.39, 0.29) is 16.9 Å². The highest BCUT2D eigenvalue weighted by Crippen LogP contribution is 2.36. The average Bonchev–Trinajstić information content (AvgIpc) is 2.30. The van der Waals surface area contributed by atoms with Crippen molar-refractivity contribution in [3.8, 4) is 11.5 Å². The second-order valence-corrected chi connectivity index (χ2v) is 3.49. The minimum Gasteiger partial charge on any atom is -0.504 e. The normalized spacial score (nSPS) is 20.2. The number of rotatable bonds is 0. The molecule has 0 saturated heterocycles. The van der Waals surface area contributed by atoms with Gasteiger partial charge in [-0.05, 0) is 11.6 Å². The van der Waals surface area contributed by atoms with Crippen LogP contribution < -0.4 is 5.32 Å². The molecular formula is C8H9NO2S. The minimum atomic E-state index is -0.0938. The highest BCUT2D eigenvalue weighted by atomic mass is 32.1. The molecule has 0 radical (unpaired) electrons. The summed E-state index contributed by atoms with van der Waals surface area (Å²) in [5.74, 6) is -0.165. The van der Waals surface area contributed by atoms with Crippen LogP contribution in [0.25, 0.3) is 0 Å². The lowest BCUT2D eigenvalue weighted by Gasteiger charge is -2.02. The van der Waals surface area contributed by atoms with E-state index in [0.717, 1.165) is 17.7 Å². The van der Waals surface area contributed by atoms with Gasteiger partial charge in [-0.25, -0.2) is 0 Å². The third-order valence-corrected chi connectivity index (χ3v) is 2.25. The van der Waals surface area contributed by atoms with Crippen molar-refractivity contribution >= 4 is 18.3 Å². The van der Waals surface area contributed by atoms with Crippen molar-refractivity contribution < 1.29 is 10.2 Å². The first-order chi connectivity index (χ1) is 5.66. The van der Waals surface area contributed by atoms with Gasteiger partial charge in [0.15, 0.2) is 11.5 Å². The number of aromatic hydroxyl groups is 2. The predicted molar refractivity (Wildman–Crippen MR) is 49.9 cm³/mol. The van der Waals surface area contributed by atoms with Gasteiger partial charge >= 0.3 is 0 Å². The molecule has 2 rings (SSSR count). The number of nitrogens with one attached hydrogen (secondary N) is 1. The highest BCUT2D eigenvalue weighted by Gasteiger charge is 2.19. The van der Waals surface area contributed by atoms with Crippen LogP contribution in [0.4, 0.5) is 5.69 Å². The number of fused-ring (bicyclic) bond motifs is 1. The van der Waals surface area contributed by atoms with E-state index >= 15 is 0 Å². The maximum atomic E-state index is 9.17. The molecule has 1 aliphatic heterocycles. The third kappa shape index (κ3) is 1.08. The lowest BCUT2D eigenvalue weighted by Crippen LogP contribution is -2.04. The molecule has 64 valence electrons. The van der Waals surface area contributed by atoms with Crippen LogP contribution in [-0.4, -0.2) is 15.6 Å². The first kappa shape index (κ1) is 7.61. The molecule has 12 heavy (non-hydrogen) atoms. The van der Waals surface area contributed by atoms with E-state index in [0.29, 0.717) is 0 Å². The standard InChI is InChI=1S/C8H9NO2S/c10-6-1-4-2-8(12)9-5(4)3-7(6)11/h1,3,8-12H,2H2/t8-/m1/s1. The number of phenols is 2. The van der Waals surface area contributed by atoms with E-state index in [9.17, 15) is 0 Å². The zero-order chi connectivity index (χ0) is 8.72. The van der Waals surface area contributed by atoms with E-state index in [2.05, 4.69) is 17.9 Å². The SMILES string of the molecule is Oc1cc2c(cc1O)N[C@H](S)C2. The smallest absolute Gasteiger partial charge is 0.159 e. The number of thiol groups is 1. The summed E-state index contributed by atoms with van der Waals surface area (Å²) in [6.45, 7) is 0. The molecule has 0 saturated carbocycles. The topological polar surface area (TPSA) is 52.5 Å². The summed E-state index contributed by atoms with van der Waals surface area (Å²) < 4.78 is 0. The van der Waals surface area contributed by atoms with Crippen molar-refractivity contribution in [3.63, 3.8) is 0 Å². The lowest BCUT2D eigenvalue weighted by molar-refractivity contribution is 0.403. The Labute approximate surface area is 75.4 Å². The average molecular weight is 183 g/mol.